The highest BCUT2D eigenvalue weighted by molar-refractivity contribution is 5.97. The number of hydrogen-bond donors (Lipinski definition) is 0. The van der Waals surface area contributed by atoms with Crippen molar-refractivity contribution in [1.29, 1.82) is 0 Å². The van der Waals surface area contributed by atoms with Crippen LogP contribution < -0.4 is 0 Å². The molecule has 31 heavy (non-hydrogen) atoms. The zero-order valence-corrected chi connectivity index (χ0v) is 16.0. The molecule has 4 aromatic rings. The number of carbonyl (C=O) groups is 1. The van der Waals surface area contributed by atoms with Gasteiger partial charge in [-0.1, -0.05) is 0 Å². The lowest BCUT2D eigenvalue weighted by Crippen LogP contribution is -2.40. The van der Waals surface area contributed by atoms with Crippen LogP contribution in [-0.4, -0.2) is 43.5 Å². The van der Waals surface area contributed by atoms with Crippen LogP contribution in [0.5, 0.6) is 0 Å². The molecule has 0 bridgehead atoms. The Morgan fingerprint density at radius 2 is 2.03 bits per heavy atom. The van der Waals surface area contributed by atoms with Crippen molar-refractivity contribution in [3.8, 4) is 11.5 Å². The lowest BCUT2D eigenvalue weighted by Gasteiger charge is -2.31. The van der Waals surface area contributed by atoms with E-state index in [2.05, 4.69) is 15.2 Å². The molecule has 8 nitrogen and oxygen atoms in total. The number of likely N-dealkylation sites (tertiary alicyclic amines) is 1. The molecule has 1 aliphatic rings. The third kappa shape index (κ3) is 3.45. The zero-order valence-electron chi connectivity index (χ0n) is 16.0. The van der Waals surface area contributed by atoms with Gasteiger partial charge >= 0.3 is 6.18 Å². The highest BCUT2D eigenvalue weighted by Gasteiger charge is 2.34. The third-order valence-corrected chi connectivity index (χ3v) is 5.34. The summed E-state index contributed by atoms with van der Waals surface area (Å²) in [5, 5.41) is 8.10. The molecule has 11 heteroatoms. The smallest absolute Gasteiger partial charge is 0.417 e. The SMILES string of the molecule is O=C(c1ncoc1-c1ccco1)N1CCCC(c2nnc3ccc(C(F)(F)F)cn23)C1. The van der Waals surface area contributed by atoms with Crippen LogP contribution in [0.15, 0.2) is 52.0 Å². The molecule has 1 aliphatic heterocycles. The van der Waals surface area contributed by atoms with Crippen LogP contribution >= 0.6 is 0 Å². The molecular weight excluding hydrogens is 415 g/mol. The summed E-state index contributed by atoms with van der Waals surface area (Å²) in [5.41, 5.74) is -0.334. The third-order valence-electron chi connectivity index (χ3n) is 5.34. The maximum atomic E-state index is 13.1. The summed E-state index contributed by atoms with van der Waals surface area (Å²) in [6.45, 7) is 0.769. The molecular formula is C20H16F3N5O3. The fourth-order valence-electron chi connectivity index (χ4n) is 3.86. The summed E-state index contributed by atoms with van der Waals surface area (Å²) >= 11 is 0. The van der Waals surface area contributed by atoms with E-state index >= 15 is 0 Å². The van der Waals surface area contributed by atoms with Gasteiger partial charge in [0, 0.05) is 25.2 Å². The Balaban J connectivity index is 1.43. The largest absolute Gasteiger partial charge is 0.461 e. The van der Waals surface area contributed by atoms with E-state index in [0.717, 1.165) is 12.3 Å². The number of nitrogens with zero attached hydrogens (tertiary/aromatic N) is 5. The number of piperidine rings is 1. The van der Waals surface area contributed by atoms with Crippen molar-refractivity contribution in [3.05, 3.63) is 60.2 Å². The molecule has 1 unspecified atom stereocenters. The first-order chi connectivity index (χ1) is 14.9. The quantitative estimate of drug-likeness (QED) is 0.487. The molecule has 5 rings (SSSR count). The second-order valence-corrected chi connectivity index (χ2v) is 7.30. The van der Waals surface area contributed by atoms with Crippen LogP contribution in [-0.2, 0) is 6.18 Å². The minimum atomic E-state index is -4.47. The van der Waals surface area contributed by atoms with Gasteiger partial charge in [-0.05, 0) is 37.1 Å². The molecule has 0 aromatic carbocycles. The average Bonchev–Trinajstić information content (AvgIpc) is 3.52. The van der Waals surface area contributed by atoms with Crippen molar-refractivity contribution in [2.45, 2.75) is 24.9 Å². The molecule has 5 heterocycles. The Bertz CT molecular complexity index is 1230. The molecule has 0 radical (unpaired) electrons. The number of fused-ring (bicyclic) bond motifs is 1. The van der Waals surface area contributed by atoms with E-state index in [9.17, 15) is 18.0 Å². The van der Waals surface area contributed by atoms with Gasteiger partial charge in [-0.3, -0.25) is 9.20 Å². The van der Waals surface area contributed by atoms with Gasteiger partial charge in [0.25, 0.3) is 5.91 Å². The summed E-state index contributed by atoms with van der Waals surface area (Å²) in [6, 6.07) is 5.60. The Morgan fingerprint density at radius 1 is 1.16 bits per heavy atom. The number of rotatable bonds is 3. The molecule has 1 atom stereocenters. The van der Waals surface area contributed by atoms with Gasteiger partial charge < -0.3 is 13.7 Å². The lowest BCUT2D eigenvalue weighted by atomic mass is 9.96. The topological polar surface area (TPSA) is 89.7 Å². The number of amides is 1. The Morgan fingerprint density at radius 3 is 2.81 bits per heavy atom. The van der Waals surface area contributed by atoms with Crippen LogP contribution in [0.2, 0.25) is 0 Å². The number of furan rings is 1. The van der Waals surface area contributed by atoms with Crippen LogP contribution in [0.3, 0.4) is 0 Å². The maximum Gasteiger partial charge on any atom is 0.417 e. The standard InChI is InChI=1S/C20H16F3N5O3/c21-20(22,23)13-5-6-15-25-26-18(28(15)10-13)12-3-1-7-27(9-12)19(29)16-17(31-11-24-16)14-4-2-8-30-14/h2,4-6,8,10-12H,1,3,7,9H2. The fourth-order valence-corrected chi connectivity index (χ4v) is 3.86. The first kappa shape index (κ1) is 19.3. The van der Waals surface area contributed by atoms with E-state index in [1.54, 1.807) is 17.0 Å². The van der Waals surface area contributed by atoms with Crippen molar-refractivity contribution < 1.29 is 26.8 Å². The first-order valence-corrected chi connectivity index (χ1v) is 9.60. The predicted molar refractivity (Wildman–Crippen MR) is 100 cm³/mol. The van der Waals surface area contributed by atoms with E-state index in [-0.39, 0.29) is 29.8 Å². The van der Waals surface area contributed by atoms with Gasteiger partial charge in [0.2, 0.25) is 5.76 Å². The number of alkyl halides is 3. The van der Waals surface area contributed by atoms with Crippen molar-refractivity contribution in [2.24, 2.45) is 0 Å². The molecule has 160 valence electrons. The van der Waals surface area contributed by atoms with Gasteiger partial charge in [-0.15, -0.1) is 10.2 Å². The van der Waals surface area contributed by atoms with Crippen LogP contribution in [0.4, 0.5) is 13.2 Å². The highest BCUT2D eigenvalue weighted by atomic mass is 19.4. The summed E-state index contributed by atoms with van der Waals surface area (Å²) in [4.78, 5) is 18.8. The second kappa shape index (κ2) is 7.25. The van der Waals surface area contributed by atoms with Crippen molar-refractivity contribution >= 4 is 11.6 Å². The van der Waals surface area contributed by atoms with E-state index < -0.39 is 11.7 Å². The molecule has 1 amide bonds. The van der Waals surface area contributed by atoms with Gasteiger partial charge in [0.15, 0.2) is 23.5 Å². The summed E-state index contributed by atoms with van der Waals surface area (Å²) in [7, 11) is 0. The minimum Gasteiger partial charge on any atom is -0.461 e. The van der Waals surface area contributed by atoms with E-state index in [0.29, 0.717) is 36.6 Å². The number of aromatic nitrogens is 4. The van der Waals surface area contributed by atoms with Gasteiger partial charge in [-0.2, -0.15) is 13.2 Å². The number of oxazole rings is 1. The van der Waals surface area contributed by atoms with Gasteiger partial charge in [-0.25, -0.2) is 4.98 Å². The highest BCUT2D eigenvalue weighted by Crippen LogP contribution is 2.32. The number of hydrogen-bond acceptors (Lipinski definition) is 6. The van der Waals surface area contributed by atoms with Crippen molar-refractivity contribution in [1.82, 2.24) is 24.5 Å². The zero-order chi connectivity index (χ0) is 21.6. The van der Waals surface area contributed by atoms with E-state index in [1.807, 2.05) is 0 Å². The molecule has 1 fully saturated rings. The van der Waals surface area contributed by atoms with Crippen LogP contribution in [0.25, 0.3) is 17.2 Å². The van der Waals surface area contributed by atoms with E-state index in [1.165, 1.54) is 23.1 Å². The maximum absolute atomic E-state index is 13.1. The Hall–Kier alpha value is -3.63. The molecule has 4 aromatic heterocycles. The van der Waals surface area contributed by atoms with Crippen molar-refractivity contribution in [3.63, 3.8) is 0 Å². The van der Waals surface area contributed by atoms with Gasteiger partial charge in [0.05, 0.1) is 11.8 Å². The molecule has 0 aliphatic carbocycles. The first-order valence-electron chi connectivity index (χ1n) is 9.60. The molecule has 1 saturated heterocycles. The normalized spacial score (nSPS) is 17.4. The minimum absolute atomic E-state index is 0.126. The second-order valence-electron chi connectivity index (χ2n) is 7.30. The number of pyridine rings is 1. The fraction of sp³-hybridized carbons (Fsp3) is 0.300. The molecule has 0 saturated carbocycles. The van der Waals surface area contributed by atoms with Crippen LogP contribution in [0.1, 0.15) is 40.6 Å². The molecule has 0 N–H and O–H groups in total. The molecule has 0 spiro atoms. The summed E-state index contributed by atoms with van der Waals surface area (Å²) in [5.74, 6) is 0.409. The number of halogens is 3. The predicted octanol–water partition coefficient (Wildman–Crippen LogP) is 4.02. The van der Waals surface area contributed by atoms with Crippen molar-refractivity contribution in [2.75, 3.05) is 13.1 Å². The average molecular weight is 431 g/mol. The Labute approximate surface area is 173 Å². The Kier molecular flexibility index (Phi) is 4.53. The summed E-state index contributed by atoms with van der Waals surface area (Å²) < 4.78 is 51.4. The van der Waals surface area contributed by atoms with E-state index in [4.69, 9.17) is 8.83 Å². The lowest BCUT2D eigenvalue weighted by molar-refractivity contribution is -0.137. The number of carbonyl (C=O) groups excluding carboxylic acids is 1. The summed E-state index contributed by atoms with van der Waals surface area (Å²) in [6.07, 6.45) is 0.506. The van der Waals surface area contributed by atoms with Gasteiger partial charge in [0.1, 0.15) is 5.82 Å². The monoisotopic (exact) mass is 431 g/mol. The van der Waals surface area contributed by atoms with Crippen LogP contribution in [0, 0.1) is 0 Å².